The summed E-state index contributed by atoms with van der Waals surface area (Å²) in [6.45, 7) is 0. The number of thiophene rings is 1. The molecular formula is C14H9Cl2NO4S2. The molecule has 3 aromatic rings. The number of rotatable bonds is 3. The van der Waals surface area contributed by atoms with Crippen molar-refractivity contribution < 1.29 is 18.3 Å². The van der Waals surface area contributed by atoms with Crippen molar-refractivity contribution >= 4 is 60.6 Å². The lowest BCUT2D eigenvalue weighted by Crippen LogP contribution is -2.00. The molecule has 0 fully saturated rings. The van der Waals surface area contributed by atoms with Crippen molar-refractivity contribution in [3.05, 3.63) is 39.3 Å². The largest absolute Gasteiger partial charge is 0.477 e. The predicted molar refractivity (Wildman–Crippen MR) is 91.7 cm³/mol. The molecule has 0 bridgehead atoms. The van der Waals surface area contributed by atoms with Crippen molar-refractivity contribution in [3.8, 4) is 11.1 Å². The molecule has 2 N–H and O–H groups in total. The van der Waals surface area contributed by atoms with Gasteiger partial charge in [0.15, 0.2) is 9.84 Å². The van der Waals surface area contributed by atoms with Crippen molar-refractivity contribution in [1.82, 2.24) is 4.98 Å². The van der Waals surface area contributed by atoms with Crippen LogP contribution in [0, 0.1) is 0 Å². The Morgan fingerprint density at radius 2 is 1.83 bits per heavy atom. The van der Waals surface area contributed by atoms with E-state index in [0.717, 1.165) is 17.6 Å². The van der Waals surface area contributed by atoms with E-state index in [0.29, 0.717) is 25.9 Å². The second-order valence-corrected chi connectivity index (χ2v) is 8.65. The number of aromatic nitrogens is 1. The molecule has 9 heteroatoms. The number of hydrogen-bond acceptors (Lipinski definition) is 4. The van der Waals surface area contributed by atoms with Crippen LogP contribution in [0.2, 0.25) is 10.0 Å². The summed E-state index contributed by atoms with van der Waals surface area (Å²) >= 11 is 13.1. The maximum atomic E-state index is 11.8. The highest BCUT2D eigenvalue weighted by atomic mass is 35.5. The number of carboxylic acid groups (broad SMARTS) is 1. The average molecular weight is 390 g/mol. The first kappa shape index (κ1) is 16.3. The number of H-pyrrole nitrogens is 1. The molecule has 2 heterocycles. The molecule has 0 aliphatic rings. The Morgan fingerprint density at radius 1 is 1.22 bits per heavy atom. The second kappa shape index (κ2) is 5.52. The maximum absolute atomic E-state index is 11.8. The van der Waals surface area contributed by atoms with Gasteiger partial charge in [0, 0.05) is 27.2 Å². The lowest BCUT2D eigenvalue weighted by molar-refractivity contribution is 0.0692. The van der Waals surface area contributed by atoms with E-state index >= 15 is 0 Å². The van der Waals surface area contributed by atoms with Gasteiger partial charge in [-0.2, -0.15) is 0 Å². The quantitative estimate of drug-likeness (QED) is 0.698. The molecule has 5 nitrogen and oxygen atoms in total. The summed E-state index contributed by atoms with van der Waals surface area (Å²) in [6, 6.07) is 4.71. The van der Waals surface area contributed by atoms with Crippen LogP contribution in [0.1, 0.15) is 10.5 Å². The molecule has 0 aliphatic heterocycles. The number of carbonyl (C=O) groups is 1. The highest BCUT2D eigenvalue weighted by Crippen LogP contribution is 2.41. The van der Waals surface area contributed by atoms with Crippen LogP contribution in [0.15, 0.2) is 28.5 Å². The highest BCUT2D eigenvalue weighted by Gasteiger charge is 2.25. The Morgan fingerprint density at radius 3 is 2.35 bits per heavy atom. The van der Waals surface area contributed by atoms with Crippen molar-refractivity contribution in [3.63, 3.8) is 0 Å². The third-order valence-corrected chi connectivity index (χ3v) is 5.95. The van der Waals surface area contributed by atoms with Crippen LogP contribution in [0.5, 0.6) is 0 Å². The SMILES string of the molecule is CS(=O)(=O)c1csc2c(-c3cc(Cl)cc(Cl)c3)c(C(=O)O)[nH]c12. The Hall–Kier alpha value is -1.54. The smallest absolute Gasteiger partial charge is 0.353 e. The summed E-state index contributed by atoms with van der Waals surface area (Å²) in [6.07, 6.45) is 1.08. The van der Waals surface area contributed by atoms with E-state index in [1.54, 1.807) is 12.1 Å². The minimum Gasteiger partial charge on any atom is -0.477 e. The third kappa shape index (κ3) is 2.85. The van der Waals surface area contributed by atoms with Crippen LogP contribution < -0.4 is 0 Å². The molecule has 1 aromatic carbocycles. The first-order valence-corrected chi connectivity index (χ1v) is 9.74. The monoisotopic (exact) mass is 389 g/mol. The van der Waals surface area contributed by atoms with E-state index in [1.165, 1.54) is 11.4 Å². The molecule has 3 rings (SSSR count). The van der Waals surface area contributed by atoms with Crippen LogP contribution in [-0.2, 0) is 9.84 Å². The van der Waals surface area contributed by atoms with Gasteiger partial charge in [-0.3, -0.25) is 0 Å². The molecule has 0 saturated carbocycles. The molecule has 0 spiro atoms. The van der Waals surface area contributed by atoms with E-state index in [4.69, 9.17) is 23.2 Å². The van der Waals surface area contributed by atoms with Crippen molar-refractivity contribution in [2.45, 2.75) is 4.90 Å². The zero-order chi connectivity index (χ0) is 16.9. The summed E-state index contributed by atoms with van der Waals surface area (Å²) in [4.78, 5) is 14.3. The summed E-state index contributed by atoms with van der Waals surface area (Å²) < 4.78 is 24.2. The number of sulfone groups is 1. The van der Waals surface area contributed by atoms with Gasteiger partial charge in [0.05, 0.1) is 10.2 Å². The van der Waals surface area contributed by atoms with Gasteiger partial charge < -0.3 is 10.1 Å². The predicted octanol–water partition coefficient (Wildman–Crippen LogP) is 4.30. The van der Waals surface area contributed by atoms with E-state index in [2.05, 4.69) is 4.98 Å². The number of benzene rings is 1. The number of hydrogen-bond donors (Lipinski definition) is 2. The number of halogens is 2. The van der Waals surface area contributed by atoms with Gasteiger partial charge in [0.2, 0.25) is 0 Å². The summed E-state index contributed by atoms with van der Waals surface area (Å²) in [5.41, 5.74) is 1.06. The molecule has 0 aliphatic carbocycles. The maximum Gasteiger partial charge on any atom is 0.353 e. The fourth-order valence-corrected chi connectivity index (χ4v) is 5.27. The zero-order valence-corrected chi connectivity index (χ0v) is 14.7. The number of fused-ring (bicyclic) bond motifs is 1. The Kier molecular flexibility index (Phi) is 3.92. The molecule has 0 radical (unpaired) electrons. The van der Waals surface area contributed by atoms with Gasteiger partial charge in [-0.15, -0.1) is 11.3 Å². The molecular weight excluding hydrogens is 381 g/mol. The molecule has 120 valence electrons. The molecule has 0 amide bonds. The molecule has 0 saturated heterocycles. The topological polar surface area (TPSA) is 87.2 Å². The second-order valence-electron chi connectivity index (χ2n) is 4.91. The first-order valence-electron chi connectivity index (χ1n) is 6.21. The minimum absolute atomic E-state index is 0.0689. The van der Waals surface area contributed by atoms with Crippen LogP contribution in [0.25, 0.3) is 21.3 Å². The van der Waals surface area contributed by atoms with E-state index in [1.807, 2.05) is 0 Å². The van der Waals surface area contributed by atoms with Crippen LogP contribution >= 0.6 is 34.5 Å². The fraction of sp³-hybridized carbons (Fsp3) is 0.0714. The zero-order valence-electron chi connectivity index (χ0n) is 11.6. The van der Waals surface area contributed by atoms with Gasteiger partial charge in [-0.05, 0) is 23.8 Å². The molecule has 0 atom stereocenters. The van der Waals surface area contributed by atoms with Crippen LogP contribution in [-0.4, -0.2) is 30.7 Å². The Labute approximate surface area is 145 Å². The van der Waals surface area contributed by atoms with Gasteiger partial charge >= 0.3 is 5.97 Å². The Bertz CT molecular complexity index is 1030. The van der Waals surface area contributed by atoms with Gasteiger partial charge in [-0.25, -0.2) is 13.2 Å². The van der Waals surface area contributed by atoms with Gasteiger partial charge in [-0.1, -0.05) is 23.2 Å². The molecule has 23 heavy (non-hydrogen) atoms. The molecule has 2 aromatic heterocycles. The van der Waals surface area contributed by atoms with Crippen molar-refractivity contribution in [2.24, 2.45) is 0 Å². The van der Waals surface area contributed by atoms with Gasteiger partial charge in [0.1, 0.15) is 10.6 Å². The first-order chi connectivity index (χ1) is 10.7. The van der Waals surface area contributed by atoms with Gasteiger partial charge in [0.25, 0.3) is 0 Å². The molecule has 0 unspecified atom stereocenters. The van der Waals surface area contributed by atoms with Crippen LogP contribution in [0.3, 0.4) is 0 Å². The standard InChI is InChI=1S/C14H9Cl2NO4S2/c1-23(20,21)9-5-22-13-10(12(14(18)19)17-11(9)13)6-2-7(15)4-8(16)3-6/h2-5,17H,1H3,(H,18,19). The minimum atomic E-state index is -3.48. The van der Waals surface area contributed by atoms with Crippen LogP contribution in [0.4, 0.5) is 0 Å². The normalized spacial score (nSPS) is 12.0. The lowest BCUT2D eigenvalue weighted by atomic mass is 10.1. The van der Waals surface area contributed by atoms with Crippen molar-refractivity contribution in [1.29, 1.82) is 0 Å². The Balaban J connectivity index is 2.41. The number of carboxylic acids is 1. The highest BCUT2D eigenvalue weighted by molar-refractivity contribution is 7.91. The summed E-state index contributed by atoms with van der Waals surface area (Å²) in [5, 5.41) is 11.6. The number of aromatic carboxylic acids is 1. The average Bonchev–Trinajstić information content (AvgIpc) is 2.93. The van der Waals surface area contributed by atoms with E-state index in [-0.39, 0.29) is 16.1 Å². The summed E-state index contributed by atoms with van der Waals surface area (Å²) in [5.74, 6) is -1.20. The summed E-state index contributed by atoms with van der Waals surface area (Å²) in [7, 11) is -3.48. The fourth-order valence-electron chi connectivity index (χ4n) is 2.35. The van der Waals surface area contributed by atoms with E-state index in [9.17, 15) is 18.3 Å². The van der Waals surface area contributed by atoms with Crippen molar-refractivity contribution in [2.75, 3.05) is 6.26 Å². The lowest BCUT2D eigenvalue weighted by Gasteiger charge is -2.03. The number of aromatic amines is 1. The third-order valence-electron chi connectivity index (χ3n) is 3.25. The number of nitrogens with one attached hydrogen (secondary N) is 1. The van der Waals surface area contributed by atoms with E-state index < -0.39 is 15.8 Å².